The van der Waals surface area contributed by atoms with Crippen LogP contribution in [-0.4, -0.2) is 45.6 Å². The van der Waals surface area contributed by atoms with E-state index in [1.807, 2.05) is 41.5 Å². The van der Waals surface area contributed by atoms with Crippen LogP contribution in [0.3, 0.4) is 0 Å². The van der Waals surface area contributed by atoms with E-state index in [1.165, 1.54) is 0 Å². The first-order valence-electron chi connectivity index (χ1n) is 8.72. The highest BCUT2D eigenvalue weighted by atomic mass is 32.1. The molecule has 1 aliphatic heterocycles. The molecule has 1 atom stereocenters. The summed E-state index contributed by atoms with van der Waals surface area (Å²) in [6.07, 6.45) is 6.67. The number of thiophene rings is 1. The third-order valence-corrected chi connectivity index (χ3v) is 5.28. The van der Waals surface area contributed by atoms with Crippen LogP contribution in [-0.2, 0) is 22.6 Å². The third kappa shape index (κ3) is 4.69. The van der Waals surface area contributed by atoms with Gasteiger partial charge < -0.3 is 10.2 Å². The molecule has 25 heavy (non-hydrogen) atoms. The number of aromatic nitrogens is 2. The summed E-state index contributed by atoms with van der Waals surface area (Å²) in [6.45, 7) is 4.06. The lowest BCUT2D eigenvalue weighted by Gasteiger charge is -2.23. The van der Waals surface area contributed by atoms with E-state index in [2.05, 4.69) is 10.4 Å². The zero-order valence-corrected chi connectivity index (χ0v) is 15.3. The normalized spacial score (nSPS) is 17.0. The van der Waals surface area contributed by atoms with Gasteiger partial charge in [0.25, 0.3) is 0 Å². The van der Waals surface area contributed by atoms with E-state index in [0.717, 1.165) is 36.2 Å². The van der Waals surface area contributed by atoms with Crippen molar-refractivity contribution in [1.29, 1.82) is 0 Å². The third-order valence-electron chi connectivity index (χ3n) is 4.41. The fourth-order valence-corrected chi connectivity index (χ4v) is 3.86. The molecule has 7 heteroatoms. The molecule has 2 aromatic rings. The minimum Gasteiger partial charge on any atom is -0.354 e. The van der Waals surface area contributed by atoms with Gasteiger partial charge in [0.2, 0.25) is 11.8 Å². The molecule has 0 aliphatic carbocycles. The molecule has 0 saturated carbocycles. The van der Waals surface area contributed by atoms with Gasteiger partial charge in [-0.05, 0) is 43.2 Å². The maximum Gasteiger partial charge on any atom is 0.242 e. The molecule has 2 aromatic heterocycles. The topological polar surface area (TPSA) is 67.2 Å². The summed E-state index contributed by atoms with van der Waals surface area (Å²) in [6, 6.07) is 3.59. The lowest BCUT2D eigenvalue weighted by atomic mass is 10.2. The number of carbonyl (C=O) groups is 2. The van der Waals surface area contributed by atoms with Crippen LogP contribution in [0.2, 0.25) is 0 Å². The highest BCUT2D eigenvalue weighted by Gasteiger charge is 2.33. The van der Waals surface area contributed by atoms with Crippen molar-refractivity contribution in [2.75, 3.05) is 13.1 Å². The largest absolute Gasteiger partial charge is 0.354 e. The van der Waals surface area contributed by atoms with Gasteiger partial charge in [-0.15, -0.1) is 11.3 Å². The maximum absolute atomic E-state index is 12.5. The second kappa shape index (κ2) is 8.29. The molecule has 1 fully saturated rings. The molecular weight excluding hydrogens is 336 g/mol. The van der Waals surface area contributed by atoms with Gasteiger partial charge in [0, 0.05) is 30.7 Å². The molecular formula is C18H24N4O2S. The average Bonchev–Trinajstić information content (AvgIpc) is 3.33. The molecule has 1 saturated heterocycles. The summed E-state index contributed by atoms with van der Waals surface area (Å²) >= 11 is 1.58. The second-order valence-corrected chi connectivity index (χ2v) is 7.46. The number of likely N-dealkylation sites (tertiary alicyclic amines) is 1. The van der Waals surface area contributed by atoms with E-state index >= 15 is 0 Å². The zero-order valence-electron chi connectivity index (χ0n) is 14.5. The summed E-state index contributed by atoms with van der Waals surface area (Å²) < 4.78 is 1.88. The number of hydrogen-bond acceptors (Lipinski definition) is 4. The first kappa shape index (κ1) is 17.7. The Bertz CT molecular complexity index is 710. The van der Waals surface area contributed by atoms with Crippen molar-refractivity contribution in [3.05, 3.63) is 40.3 Å². The van der Waals surface area contributed by atoms with Crippen molar-refractivity contribution in [3.63, 3.8) is 0 Å². The van der Waals surface area contributed by atoms with Gasteiger partial charge in [0.05, 0.1) is 12.6 Å². The van der Waals surface area contributed by atoms with Crippen LogP contribution >= 0.6 is 11.3 Å². The molecule has 1 unspecified atom stereocenters. The first-order chi connectivity index (χ1) is 12.1. The zero-order chi connectivity index (χ0) is 17.6. The van der Waals surface area contributed by atoms with E-state index in [-0.39, 0.29) is 17.9 Å². The summed E-state index contributed by atoms with van der Waals surface area (Å²) in [5.74, 6) is 0.0146. The van der Waals surface area contributed by atoms with Crippen molar-refractivity contribution in [1.82, 2.24) is 20.0 Å². The number of nitrogens with zero attached hydrogens (tertiary/aromatic N) is 3. The predicted molar refractivity (Wildman–Crippen MR) is 97.3 cm³/mol. The molecule has 3 heterocycles. The smallest absolute Gasteiger partial charge is 0.242 e. The highest BCUT2D eigenvalue weighted by Crippen LogP contribution is 2.20. The van der Waals surface area contributed by atoms with E-state index in [4.69, 9.17) is 0 Å². The van der Waals surface area contributed by atoms with Crippen LogP contribution in [0, 0.1) is 6.92 Å². The molecule has 0 bridgehead atoms. The van der Waals surface area contributed by atoms with Gasteiger partial charge >= 0.3 is 0 Å². The Hall–Kier alpha value is -2.15. The van der Waals surface area contributed by atoms with Crippen LogP contribution < -0.4 is 5.32 Å². The maximum atomic E-state index is 12.5. The summed E-state index contributed by atoms with van der Waals surface area (Å²) in [5, 5.41) is 9.18. The van der Waals surface area contributed by atoms with Crippen LogP contribution in [0.5, 0.6) is 0 Å². The SMILES string of the molecule is Cc1cnn(CCCNC(=O)C2CCCN2C(=O)Cc2cccs2)c1. The Morgan fingerprint density at radius 1 is 1.44 bits per heavy atom. The minimum absolute atomic E-state index is 0.0336. The summed E-state index contributed by atoms with van der Waals surface area (Å²) in [5.41, 5.74) is 1.13. The molecule has 0 spiro atoms. The minimum atomic E-state index is -0.320. The fourth-order valence-electron chi connectivity index (χ4n) is 3.16. The van der Waals surface area contributed by atoms with Crippen LogP contribution in [0.25, 0.3) is 0 Å². The molecule has 6 nitrogen and oxygen atoms in total. The van der Waals surface area contributed by atoms with Crippen LogP contribution in [0.4, 0.5) is 0 Å². The number of carbonyl (C=O) groups excluding carboxylic acids is 2. The van der Waals surface area contributed by atoms with E-state index in [9.17, 15) is 9.59 Å². The molecule has 2 amide bonds. The quantitative estimate of drug-likeness (QED) is 0.768. The van der Waals surface area contributed by atoms with Crippen LogP contribution in [0.15, 0.2) is 29.9 Å². The number of hydrogen-bond donors (Lipinski definition) is 1. The van der Waals surface area contributed by atoms with Gasteiger partial charge in [-0.25, -0.2) is 0 Å². The molecule has 3 rings (SSSR count). The van der Waals surface area contributed by atoms with Crippen molar-refractivity contribution < 1.29 is 9.59 Å². The van der Waals surface area contributed by atoms with Crippen molar-refractivity contribution in [2.45, 2.75) is 45.2 Å². The van der Waals surface area contributed by atoms with Gasteiger partial charge in [0.15, 0.2) is 0 Å². The Morgan fingerprint density at radius 3 is 3.04 bits per heavy atom. The predicted octanol–water partition coefficient (Wildman–Crippen LogP) is 1.99. The molecule has 1 aliphatic rings. The number of nitrogens with one attached hydrogen (secondary N) is 1. The van der Waals surface area contributed by atoms with Gasteiger partial charge in [-0.2, -0.15) is 5.10 Å². The van der Waals surface area contributed by atoms with Gasteiger partial charge in [-0.3, -0.25) is 14.3 Å². The molecule has 0 radical (unpaired) electrons. The Balaban J connectivity index is 1.44. The monoisotopic (exact) mass is 360 g/mol. The highest BCUT2D eigenvalue weighted by molar-refractivity contribution is 7.10. The molecule has 1 N–H and O–H groups in total. The van der Waals surface area contributed by atoms with Crippen molar-refractivity contribution >= 4 is 23.2 Å². The Labute approximate surface area is 151 Å². The van der Waals surface area contributed by atoms with Crippen LogP contribution in [0.1, 0.15) is 29.7 Å². The fraction of sp³-hybridized carbons (Fsp3) is 0.500. The van der Waals surface area contributed by atoms with E-state index < -0.39 is 0 Å². The number of rotatable bonds is 7. The first-order valence-corrected chi connectivity index (χ1v) is 9.60. The lowest BCUT2D eigenvalue weighted by Crippen LogP contribution is -2.46. The Morgan fingerprint density at radius 2 is 2.32 bits per heavy atom. The second-order valence-electron chi connectivity index (χ2n) is 6.43. The summed E-state index contributed by atoms with van der Waals surface area (Å²) in [7, 11) is 0. The van der Waals surface area contributed by atoms with Gasteiger partial charge in [-0.1, -0.05) is 6.07 Å². The van der Waals surface area contributed by atoms with Crippen molar-refractivity contribution in [2.24, 2.45) is 0 Å². The standard InChI is InChI=1S/C18H24N4O2S/c1-14-12-20-21(13-14)8-4-7-19-18(24)16-6-2-9-22(16)17(23)11-15-5-3-10-25-15/h3,5,10,12-13,16H,2,4,6-9,11H2,1H3,(H,19,24). The van der Waals surface area contributed by atoms with E-state index in [0.29, 0.717) is 19.5 Å². The number of aryl methyl sites for hydroxylation is 2. The molecule has 0 aromatic carbocycles. The number of amides is 2. The van der Waals surface area contributed by atoms with E-state index in [1.54, 1.807) is 16.2 Å². The summed E-state index contributed by atoms with van der Waals surface area (Å²) in [4.78, 5) is 27.7. The van der Waals surface area contributed by atoms with Gasteiger partial charge in [0.1, 0.15) is 6.04 Å². The molecule has 134 valence electrons. The Kier molecular flexibility index (Phi) is 5.86. The average molecular weight is 360 g/mol. The van der Waals surface area contributed by atoms with Crippen molar-refractivity contribution in [3.8, 4) is 0 Å². The lowest BCUT2D eigenvalue weighted by molar-refractivity contribution is -0.137.